The Balaban J connectivity index is 1.64. The van der Waals surface area contributed by atoms with Crippen LogP contribution in [0.25, 0.3) is 22.2 Å². The van der Waals surface area contributed by atoms with Gasteiger partial charge in [-0.2, -0.15) is 0 Å². The number of hydrogen-bond donors (Lipinski definition) is 0. The van der Waals surface area contributed by atoms with Crippen molar-refractivity contribution in [1.82, 2.24) is 9.55 Å². The predicted octanol–water partition coefficient (Wildman–Crippen LogP) is 6.04. The number of unbranched alkanes of at least 4 members (excludes halogenated alkanes) is 5. The maximum Gasteiger partial charge on any atom is 0.340 e. The van der Waals surface area contributed by atoms with E-state index in [0.717, 1.165) is 17.9 Å². The molecule has 0 amide bonds. The number of cyclic esters (lactones) is 1. The summed E-state index contributed by atoms with van der Waals surface area (Å²) < 4.78 is 7.56. The maximum absolute atomic E-state index is 11.7. The highest BCUT2D eigenvalue weighted by Gasteiger charge is 2.24. The van der Waals surface area contributed by atoms with Crippen LogP contribution in [-0.4, -0.2) is 15.5 Å². The highest BCUT2D eigenvalue weighted by Crippen LogP contribution is 2.35. The number of fused-ring (bicyclic) bond motifs is 2. The summed E-state index contributed by atoms with van der Waals surface area (Å²) in [5.41, 5.74) is 5.94. The van der Waals surface area contributed by atoms with Gasteiger partial charge in [-0.15, -0.1) is 0 Å². The fraction of sp³-hybridized carbons (Fsp3) is 0.417. The highest BCUT2D eigenvalue weighted by molar-refractivity contribution is 5.98. The second-order valence-corrected chi connectivity index (χ2v) is 7.66. The number of pyridine rings is 1. The van der Waals surface area contributed by atoms with Gasteiger partial charge in [0, 0.05) is 28.7 Å². The van der Waals surface area contributed by atoms with E-state index in [2.05, 4.69) is 42.7 Å². The molecule has 0 bridgehead atoms. The van der Waals surface area contributed by atoms with Gasteiger partial charge in [0.25, 0.3) is 0 Å². The summed E-state index contributed by atoms with van der Waals surface area (Å²) in [4.78, 5) is 16.5. The number of benzene rings is 1. The standard InChI is InChI=1S/C24H28N2O2/c1-3-4-5-6-7-10-15-26-17(2)23(19-11-8-9-12-22(19)26)20-14-13-18-21(25-20)16-28-24(18)27/h8-9,11-14H,3-7,10,15-16H2,1-2H3. The first-order chi connectivity index (χ1) is 13.7. The van der Waals surface area contributed by atoms with Gasteiger partial charge in [-0.1, -0.05) is 57.2 Å². The van der Waals surface area contributed by atoms with Crippen molar-refractivity contribution in [2.45, 2.75) is 65.5 Å². The van der Waals surface area contributed by atoms with Gasteiger partial charge in [0.15, 0.2) is 0 Å². The zero-order chi connectivity index (χ0) is 19.5. The molecule has 0 spiro atoms. The second-order valence-electron chi connectivity index (χ2n) is 7.66. The van der Waals surface area contributed by atoms with Crippen molar-refractivity contribution >= 4 is 16.9 Å². The number of rotatable bonds is 8. The molecule has 0 aliphatic carbocycles. The minimum atomic E-state index is -0.267. The number of hydrogen-bond acceptors (Lipinski definition) is 3. The third kappa shape index (κ3) is 3.44. The van der Waals surface area contributed by atoms with E-state index < -0.39 is 0 Å². The van der Waals surface area contributed by atoms with Crippen LogP contribution >= 0.6 is 0 Å². The largest absolute Gasteiger partial charge is 0.456 e. The molecule has 0 N–H and O–H groups in total. The van der Waals surface area contributed by atoms with E-state index in [1.807, 2.05) is 12.1 Å². The molecule has 2 aromatic heterocycles. The lowest BCUT2D eigenvalue weighted by Crippen LogP contribution is -2.01. The summed E-state index contributed by atoms with van der Waals surface area (Å²) in [5.74, 6) is -0.267. The SMILES string of the molecule is CCCCCCCCn1c(C)c(-c2ccc3c(n2)COC3=O)c2ccccc21. The Morgan fingerprint density at radius 2 is 1.82 bits per heavy atom. The lowest BCUT2D eigenvalue weighted by atomic mass is 10.1. The van der Waals surface area contributed by atoms with E-state index in [-0.39, 0.29) is 12.6 Å². The Hall–Kier alpha value is -2.62. The Morgan fingerprint density at radius 3 is 2.68 bits per heavy atom. The first kappa shape index (κ1) is 18.7. The van der Waals surface area contributed by atoms with Gasteiger partial charge < -0.3 is 9.30 Å². The van der Waals surface area contributed by atoms with Crippen LogP contribution in [0.1, 0.15) is 67.2 Å². The molecule has 1 aliphatic heterocycles. The predicted molar refractivity (Wildman–Crippen MR) is 112 cm³/mol. The van der Waals surface area contributed by atoms with E-state index in [0.29, 0.717) is 5.56 Å². The van der Waals surface area contributed by atoms with Gasteiger partial charge >= 0.3 is 5.97 Å². The van der Waals surface area contributed by atoms with Crippen LogP contribution in [-0.2, 0) is 17.9 Å². The minimum absolute atomic E-state index is 0.267. The molecule has 0 saturated heterocycles. The number of esters is 1. The zero-order valence-corrected chi connectivity index (χ0v) is 16.8. The average Bonchev–Trinajstić information content (AvgIpc) is 3.21. The molecule has 0 radical (unpaired) electrons. The smallest absolute Gasteiger partial charge is 0.340 e. The van der Waals surface area contributed by atoms with Gasteiger partial charge in [-0.3, -0.25) is 0 Å². The lowest BCUT2D eigenvalue weighted by Gasteiger charge is -2.09. The number of ether oxygens (including phenoxy) is 1. The Labute approximate surface area is 166 Å². The molecular weight excluding hydrogens is 348 g/mol. The molecule has 0 fully saturated rings. The maximum atomic E-state index is 11.7. The van der Waals surface area contributed by atoms with Gasteiger partial charge in [-0.05, 0) is 31.5 Å². The molecular formula is C24H28N2O2. The number of para-hydroxylation sites is 1. The van der Waals surface area contributed by atoms with E-state index in [4.69, 9.17) is 9.72 Å². The van der Waals surface area contributed by atoms with Crippen LogP contribution in [0.4, 0.5) is 0 Å². The first-order valence-corrected chi connectivity index (χ1v) is 10.5. The molecule has 146 valence electrons. The van der Waals surface area contributed by atoms with Gasteiger partial charge in [0.2, 0.25) is 0 Å². The molecule has 4 nitrogen and oxygen atoms in total. The van der Waals surface area contributed by atoms with Crippen LogP contribution in [0, 0.1) is 6.92 Å². The number of carbonyl (C=O) groups is 1. The van der Waals surface area contributed by atoms with Crippen LogP contribution < -0.4 is 0 Å². The quantitative estimate of drug-likeness (QED) is 0.355. The fourth-order valence-electron chi connectivity index (χ4n) is 4.24. The minimum Gasteiger partial charge on any atom is -0.456 e. The van der Waals surface area contributed by atoms with E-state index in [1.54, 1.807) is 0 Å². The Kier molecular flexibility index (Phi) is 5.47. The Bertz CT molecular complexity index is 1000. The van der Waals surface area contributed by atoms with Crippen molar-refractivity contribution in [2.75, 3.05) is 0 Å². The number of nitrogens with zero attached hydrogens (tertiary/aromatic N) is 2. The number of aromatic nitrogens is 2. The third-order valence-electron chi connectivity index (χ3n) is 5.76. The van der Waals surface area contributed by atoms with Crippen molar-refractivity contribution in [3.63, 3.8) is 0 Å². The molecule has 28 heavy (non-hydrogen) atoms. The highest BCUT2D eigenvalue weighted by atomic mass is 16.5. The zero-order valence-electron chi connectivity index (χ0n) is 16.8. The lowest BCUT2D eigenvalue weighted by molar-refractivity contribution is 0.0533. The first-order valence-electron chi connectivity index (χ1n) is 10.5. The van der Waals surface area contributed by atoms with Crippen molar-refractivity contribution in [3.05, 3.63) is 53.3 Å². The van der Waals surface area contributed by atoms with Gasteiger partial charge in [0.1, 0.15) is 6.61 Å². The topological polar surface area (TPSA) is 44.1 Å². The third-order valence-corrected chi connectivity index (χ3v) is 5.76. The fourth-order valence-corrected chi connectivity index (χ4v) is 4.24. The molecule has 1 aromatic carbocycles. The van der Waals surface area contributed by atoms with Gasteiger partial charge in [-0.25, -0.2) is 9.78 Å². The summed E-state index contributed by atoms with van der Waals surface area (Å²) in [6, 6.07) is 12.4. The summed E-state index contributed by atoms with van der Waals surface area (Å²) in [7, 11) is 0. The van der Waals surface area contributed by atoms with E-state index >= 15 is 0 Å². The van der Waals surface area contributed by atoms with Crippen LogP contribution in [0.3, 0.4) is 0 Å². The van der Waals surface area contributed by atoms with E-state index in [1.165, 1.54) is 60.7 Å². The van der Waals surface area contributed by atoms with Crippen molar-refractivity contribution < 1.29 is 9.53 Å². The van der Waals surface area contributed by atoms with Gasteiger partial charge in [0.05, 0.1) is 17.0 Å². The molecule has 4 rings (SSSR count). The van der Waals surface area contributed by atoms with Crippen LogP contribution in [0.2, 0.25) is 0 Å². The average molecular weight is 377 g/mol. The monoisotopic (exact) mass is 376 g/mol. The van der Waals surface area contributed by atoms with Crippen LogP contribution in [0.5, 0.6) is 0 Å². The van der Waals surface area contributed by atoms with Crippen molar-refractivity contribution in [2.24, 2.45) is 0 Å². The van der Waals surface area contributed by atoms with Crippen LogP contribution in [0.15, 0.2) is 36.4 Å². The Morgan fingerprint density at radius 1 is 1.04 bits per heavy atom. The molecule has 3 aromatic rings. The molecule has 0 unspecified atom stereocenters. The summed E-state index contributed by atoms with van der Waals surface area (Å²) >= 11 is 0. The van der Waals surface area contributed by atoms with Crippen molar-refractivity contribution in [3.8, 4) is 11.3 Å². The summed E-state index contributed by atoms with van der Waals surface area (Å²) in [6.45, 7) is 5.75. The summed E-state index contributed by atoms with van der Waals surface area (Å²) in [5, 5.41) is 1.23. The second kappa shape index (κ2) is 8.17. The van der Waals surface area contributed by atoms with Crippen molar-refractivity contribution in [1.29, 1.82) is 0 Å². The van der Waals surface area contributed by atoms with E-state index in [9.17, 15) is 4.79 Å². The molecule has 0 atom stereocenters. The summed E-state index contributed by atoms with van der Waals surface area (Å²) in [6.07, 6.45) is 7.76. The molecule has 0 saturated carbocycles. The normalized spacial score (nSPS) is 13.1. The number of aryl methyl sites for hydroxylation is 1. The molecule has 4 heteroatoms. The molecule has 1 aliphatic rings. The molecule has 3 heterocycles. The number of carbonyl (C=O) groups excluding carboxylic acids is 1.